The van der Waals surface area contributed by atoms with Gasteiger partial charge in [0.25, 0.3) is 0 Å². The summed E-state index contributed by atoms with van der Waals surface area (Å²) in [5.41, 5.74) is 1.49. The number of nitriles is 1. The molecule has 0 spiro atoms. The van der Waals surface area contributed by atoms with Gasteiger partial charge in [0.2, 0.25) is 0 Å². The van der Waals surface area contributed by atoms with Crippen molar-refractivity contribution in [3.05, 3.63) is 23.3 Å². The Balaban J connectivity index is 4.37. The lowest BCUT2D eigenvalue weighted by Crippen LogP contribution is -2.00. The number of carbonyl (C=O) groups excluding carboxylic acids is 1. The van der Waals surface area contributed by atoms with Crippen LogP contribution in [0.4, 0.5) is 0 Å². The molecule has 0 atom stereocenters. The first-order valence-corrected chi connectivity index (χ1v) is 3.91. The van der Waals surface area contributed by atoms with Gasteiger partial charge in [-0.25, -0.2) is 0 Å². The minimum Gasteiger partial charge on any atom is -0.469 e. The molecule has 0 aromatic rings. The summed E-state index contributed by atoms with van der Waals surface area (Å²) in [5, 5.41) is 8.63. The van der Waals surface area contributed by atoms with Crippen LogP contribution in [0.1, 0.15) is 20.3 Å². The minimum absolute atomic E-state index is 0.0385. The third-order valence-electron chi connectivity index (χ3n) is 1.32. The van der Waals surface area contributed by atoms with Gasteiger partial charge >= 0.3 is 5.97 Å². The summed E-state index contributed by atoms with van der Waals surface area (Å²) in [4.78, 5) is 10.8. The fourth-order valence-corrected chi connectivity index (χ4v) is 0.631. The van der Waals surface area contributed by atoms with Crippen LogP contribution in [0.5, 0.6) is 0 Å². The Morgan fingerprint density at radius 1 is 1.46 bits per heavy atom. The Kier molecular flexibility index (Phi) is 5.29. The monoisotopic (exact) mass is 179 g/mol. The second kappa shape index (κ2) is 6.01. The van der Waals surface area contributed by atoms with Crippen LogP contribution in [0.2, 0.25) is 0 Å². The molecular formula is C10H13NO2. The second-order valence-corrected chi connectivity index (χ2v) is 2.80. The number of esters is 1. The second-order valence-electron chi connectivity index (χ2n) is 2.80. The van der Waals surface area contributed by atoms with E-state index >= 15 is 0 Å². The molecule has 0 bridgehead atoms. The fraction of sp³-hybridized carbons (Fsp3) is 0.400. The Bertz CT molecular complexity index is 278. The zero-order valence-corrected chi connectivity index (χ0v) is 8.13. The highest BCUT2D eigenvalue weighted by Crippen LogP contribution is 2.02. The van der Waals surface area contributed by atoms with Gasteiger partial charge in [0.1, 0.15) is 0 Å². The maximum absolute atomic E-state index is 10.8. The van der Waals surface area contributed by atoms with Crippen molar-refractivity contribution in [3.8, 4) is 6.07 Å². The zero-order valence-electron chi connectivity index (χ0n) is 8.13. The molecule has 0 radical (unpaired) electrons. The van der Waals surface area contributed by atoms with Crippen molar-refractivity contribution in [3.63, 3.8) is 0 Å². The largest absolute Gasteiger partial charge is 0.469 e. The van der Waals surface area contributed by atoms with E-state index in [9.17, 15) is 4.79 Å². The summed E-state index contributed by atoms with van der Waals surface area (Å²) in [7, 11) is 1.30. The average molecular weight is 179 g/mol. The van der Waals surface area contributed by atoms with E-state index < -0.39 is 5.97 Å². The van der Waals surface area contributed by atoms with Gasteiger partial charge in [-0.05, 0) is 19.9 Å². The number of methoxy groups -OCH3 is 1. The van der Waals surface area contributed by atoms with Gasteiger partial charge in [-0.3, -0.25) is 4.79 Å². The first-order chi connectivity index (χ1) is 6.10. The molecule has 3 nitrogen and oxygen atoms in total. The van der Waals surface area contributed by atoms with Gasteiger partial charge in [0, 0.05) is 5.57 Å². The molecule has 0 heterocycles. The molecule has 0 fully saturated rings. The van der Waals surface area contributed by atoms with E-state index in [4.69, 9.17) is 5.26 Å². The smallest absolute Gasteiger partial charge is 0.310 e. The first kappa shape index (κ1) is 11.4. The van der Waals surface area contributed by atoms with Crippen LogP contribution in [-0.4, -0.2) is 13.1 Å². The molecule has 0 aliphatic carbocycles. The SMILES string of the molecule is COC(=O)C/C(C#N)=C/C=C(C)C. The van der Waals surface area contributed by atoms with Gasteiger partial charge in [-0.2, -0.15) is 5.26 Å². The van der Waals surface area contributed by atoms with E-state index in [-0.39, 0.29) is 6.42 Å². The Labute approximate surface area is 78.3 Å². The van der Waals surface area contributed by atoms with Crippen molar-refractivity contribution in [1.82, 2.24) is 0 Å². The van der Waals surface area contributed by atoms with Crippen LogP contribution < -0.4 is 0 Å². The topological polar surface area (TPSA) is 50.1 Å². The molecule has 0 aromatic carbocycles. The molecule has 0 aromatic heterocycles. The van der Waals surface area contributed by atoms with E-state index in [1.54, 1.807) is 12.2 Å². The van der Waals surface area contributed by atoms with E-state index in [1.165, 1.54) is 7.11 Å². The summed E-state index contributed by atoms with van der Waals surface area (Å²) >= 11 is 0. The van der Waals surface area contributed by atoms with Crippen LogP contribution >= 0.6 is 0 Å². The highest BCUT2D eigenvalue weighted by molar-refractivity contribution is 5.73. The maximum Gasteiger partial charge on any atom is 0.310 e. The third-order valence-corrected chi connectivity index (χ3v) is 1.32. The average Bonchev–Trinajstić information content (AvgIpc) is 2.11. The summed E-state index contributed by atoms with van der Waals surface area (Å²) < 4.78 is 4.44. The standard InChI is InChI=1S/C10H13NO2/c1-8(2)4-5-9(7-11)6-10(12)13-3/h4-5H,6H2,1-3H3/b9-5-. The van der Waals surface area contributed by atoms with Crippen molar-refractivity contribution in [1.29, 1.82) is 5.26 Å². The Hall–Kier alpha value is -1.56. The molecule has 0 N–H and O–H groups in total. The van der Waals surface area contributed by atoms with Gasteiger partial charge in [0.05, 0.1) is 19.6 Å². The molecule has 0 saturated heterocycles. The van der Waals surface area contributed by atoms with Crippen LogP contribution in [0.3, 0.4) is 0 Å². The molecule has 0 aliphatic rings. The van der Waals surface area contributed by atoms with E-state index in [2.05, 4.69) is 4.74 Å². The van der Waals surface area contributed by atoms with Crippen molar-refractivity contribution in [2.24, 2.45) is 0 Å². The molecule has 70 valence electrons. The van der Waals surface area contributed by atoms with Crippen LogP contribution in [0.15, 0.2) is 23.3 Å². The molecule has 13 heavy (non-hydrogen) atoms. The Morgan fingerprint density at radius 3 is 2.46 bits per heavy atom. The zero-order chi connectivity index (χ0) is 10.3. The predicted octanol–water partition coefficient (Wildman–Crippen LogP) is 1.97. The highest BCUT2D eigenvalue weighted by atomic mass is 16.5. The van der Waals surface area contributed by atoms with Crippen molar-refractivity contribution >= 4 is 5.97 Å². The summed E-state index contributed by atoms with van der Waals surface area (Å²) in [6, 6.07) is 1.94. The molecule has 0 aliphatic heterocycles. The van der Waals surface area contributed by atoms with Crippen LogP contribution in [-0.2, 0) is 9.53 Å². The molecule has 0 saturated carbocycles. The minimum atomic E-state index is -0.394. The third kappa shape index (κ3) is 5.68. The molecule has 0 unspecified atom stereocenters. The molecule has 3 heteroatoms. The Morgan fingerprint density at radius 2 is 2.08 bits per heavy atom. The normalized spacial score (nSPS) is 10.2. The van der Waals surface area contributed by atoms with Gasteiger partial charge in [-0.15, -0.1) is 0 Å². The molecular weight excluding hydrogens is 166 g/mol. The number of carbonyl (C=O) groups is 1. The van der Waals surface area contributed by atoms with E-state index in [0.717, 1.165) is 5.57 Å². The summed E-state index contributed by atoms with van der Waals surface area (Å²) in [5.74, 6) is -0.394. The number of nitrogens with zero attached hydrogens (tertiary/aromatic N) is 1. The van der Waals surface area contributed by atoms with Crippen molar-refractivity contribution < 1.29 is 9.53 Å². The molecule has 0 rings (SSSR count). The number of ether oxygens (including phenoxy) is 1. The van der Waals surface area contributed by atoms with Crippen LogP contribution in [0.25, 0.3) is 0 Å². The number of hydrogen-bond acceptors (Lipinski definition) is 3. The van der Waals surface area contributed by atoms with Gasteiger partial charge in [0.15, 0.2) is 0 Å². The predicted molar refractivity (Wildman–Crippen MR) is 49.8 cm³/mol. The van der Waals surface area contributed by atoms with Gasteiger partial charge < -0.3 is 4.74 Å². The summed E-state index contributed by atoms with van der Waals surface area (Å²) in [6.07, 6.45) is 3.46. The lowest BCUT2D eigenvalue weighted by molar-refractivity contribution is -0.139. The van der Waals surface area contributed by atoms with Crippen molar-refractivity contribution in [2.75, 3.05) is 7.11 Å². The van der Waals surface area contributed by atoms with Crippen LogP contribution in [0, 0.1) is 11.3 Å². The maximum atomic E-state index is 10.8. The van der Waals surface area contributed by atoms with E-state index in [1.807, 2.05) is 19.9 Å². The number of hydrogen-bond donors (Lipinski definition) is 0. The number of rotatable bonds is 3. The lowest BCUT2D eigenvalue weighted by Gasteiger charge is -1.95. The van der Waals surface area contributed by atoms with Gasteiger partial charge in [-0.1, -0.05) is 11.6 Å². The lowest BCUT2D eigenvalue weighted by atomic mass is 10.2. The first-order valence-electron chi connectivity index (χ1n) is 3.91. The fourth-order valence-electron chi connectivity index (χ4n) is 0.631. The van der Waals surface area contributed by atoms with E-state index in [0.29, 0.717) is 5.57 Å². The molecule has 0 amide bonds. The number of allylic oxidation sites excluding steroid dienone is 3. The highest BCUT2D eigenvalue weighted by Gasteiger charge is 2.03. The summed E-state index contributed by atoms with van der Waals surface area (Å²) in [6.45, 7) is 3.84. The van der Waals surface area contributed by atoms with Crippen molar-refractivity contribution in [2.45, 2.75) is 20.3 Å². The quantitative estimate of drug-likeness (QED) is 0.378.